The van der Waals surface area contributed by atoms with E-state index in [1.165, 1.54) is 20.3 Å². The Balaban J connectivity index is 2.33. The van der Waals surface area contributed by atoms with Gasteiger partial charge in [0.2, 0.25) is 0 Å². The minimum absolute atomic E-state index is 0.0736. The van der Waals surface area contributed by atoms with Crippen molar-refractivity contribution in [3.63, 3.8) is 0 Å². The number of rotatable bonds is 7. The molecule has 2 unspecified atom stereocenters. The number of methoxy groups -OCH3 is 2. The molecule has 0 radical (unpaired) electrons. The molecule has 0 heterocycles. The van der Waals surface area contributed by atoms with Crippen LogP contribution in [0.4, 0.5) is 5.69 Å². The van der Waals surface area contributed by atoms with Gasteiger partial charge < -0.3 is 19.5 Å². The lowest BCUT2D eigenvalue weighted by Crippen LogP contribution is -2.51. The van der Waals surface area contributed by atoms with Crippen LogP contribution in [0.15, 0.2) is 60.7 Å². The fourth-order valence-corrected chi connectivity index (χ4v) is 2.80. The van der Waals surface area contributed by atoms with Crippen molar-refractivity contribution in [1.82, 2.24) is 0 Å². The predicted octanol–water partition coefficient (Wildman–Crippen LogP) is 3.27. The first-order chi connectivity index (χ1) is 12.9. The van der Waals surface area contributed by atoms with Gasteiger partial charge >= 0.3 is 11.9 Å². The van der Waals surface area contributed by atoms with Crippen molar-refractivity contribution in [2.75, 3.05) is 19.5 Å². The monoisotopic (exact) mass is 371 g/mol. The third-order valence-corrected chi connectivity index (χ3v) is 4.06. The van der Waals surface area contributed by atoms with Gasteiger partial charge in [-0.1, -0.05) is 24.3 Å². The normalized spacial score (nSPS) is 21.3. The van der Waals surface area contributed by atoms with Crippen molar-refractivity contribution in [2.24, 2.45) is 5.92 Å². The quantitative estimate of drug-likeness (QED) is 0.586. The number of benzene rings is 1. The predicted molar refractivity (Wildman–Crippen MR) is 104 cm³/mol. The molecule has 2 rings (SSSR count). The number of carbonyl (C=O) groups is 2. The molecule has 0 aliphatic heterocycles. The van der Waals surface area contributed by atoms with Crippen LogP contribution in [0, 0.1) is 5.92 Å². The summed E-state index contributed by atoms with van der Waals surface area (Å²) in [5.41, 5.74) is -0.470. The second-order valence-electron chi connectivity index (χ2n) is 6.33. The zero-order valence-electron chi connectivity index (χ0n) is 16.0. The van der Waals surface area contributed by atoms with Crippen molar-refractivity contribution >= 4 is 17.6 Å². The fraction of sp³-hybridized carbons (Fsp3) is 0.333. The molecule has 144 valence electrons. The third-order valence-electron chi connectivity index (χ3n) is 4.06. The Kier molecular flexibility index (Phi) is 6.82. The Morgan fingerprint density at radius 3 is 2.41 bits per heavy atom. The molecule has 2 atom stereocenters. The molecule has 0 saturated heterocycles. The Morgan fingerprint density at radius 2 is 1.81 bits per heavy atom. The first-order valence-corrected chi connectivity index (χ1v) is 8.66. The number of ether oxygens (including phenoxy) is 3. The van der Waals surface area contributed by atoms with Crippen molar-refractivity contribution < 1.29 is 23.8 Å². The number of hydrogen-bond donors (Lipinski definition) is 1. The summed E-state index contributed by atoms with van der Waals surface area (Å²) in [4.78, 5) is 24.2. The lowest BCUT2D eigenvalue weighted by Gasteiger charge is -2.36. The Morgan fingerprint density at radius 1 is 1.11 bits per heavy atom. The number of hydrogen-bond acceptors (Lipinski definition) is 6. The summed E-state index contributed by atoms with van der Waals surface area (Å²) in [6, 6.07) is 7.31. The zero-order valence-corrected chi connectivity index (χ0v) is 16.0. The van der Waals surface area contributed by atoms with Crippen LogP contribution < -0.4 is 10.1 Å². The van der Waals surface area contributed by atoms with E-state index in [9.17, 15) is 9.59 Å². The van der Waals surface area contributed by atoms with Crippen molar-refractivity contribution in [3.8, 4) is 5.75 Å². The summed E-state index contributed by atoms with van der Waals surface area (Å²) in [5, 5.41) is 3.25. The number of anilines is 1. The maximum absolute atomic E-state index is 12.7. The average molecular weight is 371 g/mol. The molecule has 0 spiro atoms. The summed E-state index contributed by atoms with van der Waals surface area (Å²) in [6.45, 7) is 3.91. The van der Waals surface area contributed by atoms with Gasteiger partial charge in [-0.3, -0.25) is 0 Å². The van der Waals surface area contributed by atoms with Gasteiger partial charge in [0, 0.05) is 17.7 Å². The summed E-state index contributed by atoms with van der Waals surface area (Å²) in [6.07, 6.45) is 10.1. The van der Waals surface area contributed by atoms with E-state index < -0.39 is 23.4 Å². The molecule has 1 N–H and O–H groups in total. The van der Waals surface area contributed by atoms with E-state index in [1.807, 2.05) is 50.3 Å². The molecule has 0 amide bonds. The average Bonchev–Trinajstić information content (AvgIpc) is 2.67. The highest BCUT2D eigenvalue weighted by atomic mass is 16.5. The van der Waals surface area contributed by atoms with E-state index in [0.29, 0.717) is 5.69 Å². The molecule has 6 heteroatoms. The van der Waals surface area contributed by atoms with E-state index in [-0.39, 0.29) is 6.10 Å². The largest absolute Gasteiger partial charge is 0.491 e. The molecule has 0 fully saturated rings. The second kappa shape index (κ2) is 9.07. The molecular weight excluding hydrogens is 346 g/mol. The summed E-state index contributed by atoms with van der Waals surface area (Å²) < 4.78 is 15.3. The molecule has 0 aromatic heterocycles. The second-order valence-corrected chi connectivity index (χ2v) is 6.33. The lowest BCUT2D eigenvalue weighted by molar-refractivity contribution is -0.145. The van der Waals surface area contributed by atoms with Gasteiger partial charge in [-0.2, -0.15) is 0 Å². The Labute approximate surface area is 159 Å². The molecule has 6 nitrogen and oxygen atoms in total. The number of allylic oxidation sites excluding steroid dienone is 2. The molecule has 1 aromatic carbocycles. The Hall–Kier alpha value is -3.02. The first kappa shape index (κ1) is 20.3. The van der Waals surface area contributed by atoms with Crippen molar-refractivity contribution in [1.29, 1.82) is 0 Å². The van der Waals surface area contributed by atoms with Crippen LogP contribution in [0.5, 0.6) is 5.75 Å². The number of esters is 2. The molecule has 1 aliphatic rings. The van der Waals surface area contributed by atoms with Crippen molar-refractivity contribution in [3.05, 3.63) is 60.7 Å². The van der Waals surface area contributed by atoms with Crippen molar-refractivity contribution in [2.45, 2.75) is 25.5 Å². The van der Waals surface area contributed by atoms with Gasteiger partial charge in [0.15, 0.2) is 5.54 Å². The molecule has 0 saturated carbocycles. The molecule has 27 heavy (non-hydrogen) atoms. The van der Waals surface area contributed by atoms with Crippen LogP contribution in [0.3, 0.4) is 0 Å². The molecular formula is C21H25NO5. The summed E-state index contributed by atoms with van der Waals surface area (Å²) >= 11 is 0. The topological polar surface area (TPSA) is 73.9 Å². The van der Waals surface area contributed by atoms with Gasteiger partial charge in [-0.25, -0.2) is 9.59 Å². The maximum atomic E-state index is 12.7. The highest BCUT2D eigenvalue weighted by Gasteiger charge is 2.43. The molecule has 1 aromatic rings. The standard InChI is InChI=1S/C21H25NO5/c1-15(2)27-18-11-9-17(10-12-18)22-21(20(24)26-4)14-6-5-7-16(21)8-13-19(23)25-3/h5-16,22H,1-4H3. The van der Waals surface area contributed by atoms with E-state index in [2.05, 4.69) is 10.1 Å². The van der Waals surface area contributed by atoms with Gasteiger partial charge in [0.25, 0.3) is 0 Å². The van der Waals surface area contributed by atoms with Gasteiger partial charge in [0.1, 0.15) is 5.75 Å². The van der Waals surface area contributed by atoms with Gasteiger partial charge in [-0.05, 0) is 44.2 Å². The minimum Gasteiger partial charge on any atom is -0.491 e. The fourth-order valence-electron chi connectivity index (χ4n) is 2.80. The van der Waals surface area contributed by atoms with E-state index in [4.69, 9.17) is 9.47 Å². The van der Waals surface area contributed by atoms with Crippen LogP contribution in [-0.4, -0.2) is 37.8 Å². The minimum atomic E-state index is -1.19. The third kappa shape index (κ3) is 5.00. The highest BCUT2D eigenvalue weighted by molar-refractivity contribution is 5.89. The SMILES string of the molecule is COC(=O)C=CC1C=CC=CC1(Nc1ccc(OC(C)C)cc1)C(=O)OC. The summed E-state index contributed by atoms with van der Waals surface area (Å²) in [5.74, 6) is -0.665. The van der Waals surface area contributed by atoms with Gasteiger partial charge in [-0.15, -0.1) is 0 Å². The van der Waals surface area contributed by atoms with Crippen LogP contribution in [0.1, 0.15) is 13.8 Å². The summed E-state index contributed by atoms with van der Waals surface area (Å²) in [7, 11) is 2.63. The molecule has 1 aliphatic carbocycles. The Bertz CT molecular complexity index is 748. The maximum Gasteiger partial charge on any atom is 0.336 e. The van der Waals surface area contributed by atoms with E-state index in [1.54, 1.807) is 18.2 Å². The van der Waals surface area contributed by atoms with Crippen LogP contribution in [-0.2, 0) is 19.1 Å². The van der Waals surface area contributed by atoms with E-state index >= 15 is 0 Å². The van der Waals surface area contributed by atoms with E-state index in [0.717, 1.165) is 5.75 Å². The van der Waals surface area contributed by atoms with Crippen LogP contribution >= 0.6 is 0 Å². The number of carbonyl (C=O) groups excluding carboxylic acids is 2. The lowest BCUT2D eigenvalue weighted by atomic mass is 9.79. The zero-order chi connectivity index (χ0) is 19.9. The van der Waals surface area contributed by atoms with Crippen LogP contribution in [0.2, 0.25) is 0 Å². The number of nitrogens with one attached hydrogen (secondary N) is 1. The smallest absolute Gasteiger partial charge is 0.336 e. The van der Waals surface area contributed by atoms with Crippen LogP contribution in [0.25, 0.3) is 0 Å². The molecule has 0 bridgehead atoms. The first-order valence-electron chi connectivity index (χ1n) is 8.66. The highest BCUT2D eigenvalue weighted by Crippen LogP contribution is 2.32. The van der Waals surface area contributed by atoms with Gasteiger partial charge in [0.05, 0.1) is 20.3 Å².